The van der Waals surface area contributed by atoms with Crippen LogP contribution in [0.4, 0.5) is 23.1 Å². The van der Waals surface area contributed by atoms with Crippen LogP contribution < -0.4 is 15.4 Å². The minimum Gasteiger partial charge on any atom is -0.497 e. The molecule has 128 valence electrons. The Morgan fingerprint density at radius 3 is 2.44 bits per heavy atom. The summed E-state index contributed by atoms with van der Waals surface area (Å²) in [5.74, 6) is 1.89. The van der Waals surface area contributed by atoms with Gasteiger partial charge in [0.1, 0.15) is 11.6 Å². The van der Waals surface area contributed by atoms with Crippen molar-refractivity contribution in [2.24, 2.45) is 0 Å². The minimum absolute atomic E-state index is 0.430. The highest BCUT2D eigenvalue weighted by atomic mass is 35.5. The van der Waals surface area contributed by atoms with Gasteiger partial charge in [0, 0.05) is 17.4 Å². The van der Waals surface area contributed by atoms with Gasteiger partial charge in [-0.25, -0.2) is 4.98 Å². The smallest absolute Gasteiger partial charge is 0.229 e. The number of hydrogen-bond donors (Lipinski definition) is 2. The fourth-order valence-electron chi connectivity index (χ4n) is 2.23. The van der Waals surface area contributed by atoms with E-state index >= 15 is 0 Å². The minimum atomic E-state index is 0.430. The summed E-state index contributed by atoms with van der Waals surface area (Å²) in [6.07, 6.45) is 0. The van der Waals surface area contributed by atoms with Crippen LogP contribution in [0.15, 0.2) is 48.5 Å². The lowest BCUT2D eigenvalue weighted by atomic mass is 10.3. The second kappa shape index (κ2) is 7.59. The number of nitrogens with one attached hydrogen (secondary N) is 2. The zero-order chi connectivity index (χ0) is 17.8. The normalized spacial score (nSPS) is 10.4. The molecule has 0 saturated carbocycles. The molecule has 0 aliphatic carbocycles. The molecule has 0 bridgehead atoms. The molecule has 2 N–H and O–H groups in total. The first-order chi connectivity index (χ1) is 12.0. The molecule has 2 aromatic carbocycles. The Bertz CT molecular complexity index is 885. The number of benzene rings is 2. The Morgan fingerprint density at radius 2 is 1.72 bits per heavy atom. The highest BCUT2D eigenvalue weighted by molar-refractivity contribution is 6.43. The Labute approximate surface area is 156 Å². The number of aromatic nitrogens is 2. The van der Waals surface area contributed by atoms with E-state index in [1.165, 1.54) is 0 Å². The van der Waals surface area contributed by atoms with Gasteiger partial charge < -0.3 is 15.4 Å². The number of methoxy groups -OCH3 is 1. The monoisotopic (exact) mass is 374 g/mol. The molecular weight excluding hydrogens is 359 g/mol. The molecule has 25 heavy (non-hydrogen) atoms. The first-order valence-corrected chi connectivity index (χ1v) is 8.28. The van der Waals surface area contributed by atoms with Gasteiger partial charge in [0.05, 0.1) is 22.8 Å². The van der Waals surface area contributed by atoms with Crippen molar-refractivity contribution >= 4 is 46.3 Å². The molecule has 0 spiro atoms. The van der Waals surface area contributed by atoms with Crippen molar-refractivity contribution in [2.75, 3.05) is 17.7 Å². The van der Waals surface area contributed by atoms with Gasteiger partial charge in [0.2, 0.25) is 5.95 Å². The van der Waals surface area contributed by atoms with Gasteiger partial charge in [-0.15, -0.1) is 0 Å². The maximum Gasteiger partial charge on any atom is 0.229 e. The van der Waals surface area contributed by atoms with Crippen LogP contribution in [0.5, 0.6) is 5.75 Å². The molecule has 1 aromatic heterocycles. The number of hydrogen-bond acceptors (Lipinski definition) is 5. The maximum atomic E-state index is 6.20. The number of ether oxygens (including phenoxy) is 1. The molecule has 3 rings (SSSR count). The van der Waals surface area contributed by atoms with Crippen LogP contribution in [0.1, 0.15) is 5.69 Å². The molecule has 0 unspecified atom stereocenters. The summed E-state index contributed by atoms with van der Waals surface area (Å²) in [4.78, 5) is 8.86. The third-order valence-electron chi connectivity index (χ3n) is 3.41. The quantitative estimate of drug-likeness (QED) is 0.609. The second-order valence-corrected chi connectivity index (χ2v) is 6.08. The zero-order valence-corrected chi connectivity index (χ0v) is 15.2. The molecular formula is C18H16Cl2N4O. The lowest BCUT2D eigenvalue weighted by Gasteiger charge is -2.11. The average molecular weight is 375 g/mol. The van der Waals surface area contributed by atoms with Crippen LogP contribution in [-0.4, -0.2) is 17.1 Å². The van der Waals surface area contributed by atoms with E-state index in [1.54, 1.807) is 13.2 Å². The SMILES string of the molecule is COc1ccc(Nc2cc(C)nc(Nc3cccc(Cl)c3Cl)n2)cc1. The first kappa shape index (κ1) is 17.3. The summed E-state index contributed by atoms with van der Waals surface area (Å²) in [7, 11) is 1.63. The number of anilines is 4. The van der Waals surface area contributed by atoms with E-state index in [0.29, 0.717) is 27.5 Å². The van der Waals surface area contributed by atoms with Crippen molar-refractivity contribution in [2.45, 2.75) is 6.92 Å². The van der Waals surface area contributed by atoms with Crippen molar-refractivity contribution in [1.29, 1.82) is 0 Å². The van der Waals surface area contributed by atoms with E-state index < -0.39 is 0 Å². The number of rotatable bonds is 5. The summed E-state index contributed by atoms with van der Waals surface area (Å²) in [5, 5.41) is 7.24. The predicted molar refractivity (Wildman–Crippen MR) is 103 cm³/mol. The number of aryl methyl sites for hydroxylation is 1. The van der Waals surface area contributed by atoms with Crippen LogP contribution in [0, 0.1) is 6.92 Å². The summed E-state index contributed by atoms with van der Waals surface area (Å²) in [6, 6.07) is 14.8. The third-order valence-corrected chi connectivity index (χ3v) is 4.23. The van der Waals surface area contributed by atoms with Gasteiger partial charge in [-0.1, -0.05) is 29.3 Å². The van der Waals surface area contributed by atoms with Crippen molar-refractivity contribution in [1.82, 2.24) is 9.97 Å². The largest absolute Gasteiger partial charge is 0.497 e. The van der Waals surface area contributed by atoms with Gasteiger partial charge in [0.25, 0.3) is 0 Å². The molecule has 0 atom stereocenters. The highest BCUT2D eigenvalue weighted by Gasteiger charge is 2.08. The van der Waals surface area contributed by atoms with Crippen molar-refractivity contribution in [3.05, 3.63) is 64.3 Å². The zero-order valence-electron chi connectivity index (χ0n) is 13.7. The van der Waals surface area contributed by atoms with Crippen LogP contribution in [-0.2, 0) is 0 Å². The van der Waals surface area contributed by atoms with Crippen molar-refractivity contribution in [3.63, 3.8) is 0 Å². The van der Waals surface area contributed by atoms with E-state index in [0.717, 1.165) is 17.1 Å². The van der Waals surface area contributed by atoms with E-state index in [2.05, 4.69) is 20.6 Å². The lowest BCUT2D eigenvalue weighted by molar-refractivity contribution is 0.415. The molecule has 5 nitrogen and oxygen atoms in total. The Morgan fingerprint density at radius 1 is 0.960 bits per heavy atom. The highest BCUT2D eigenvalue weighted by Crippen LogP contribution is 2.31. The molecule has 0 amide bonds. The van der Waals surface area contributed by atoms with Crippen LogP contribution in [0.2, 0.25) is 10.0 Å². The van der Waals surface area contributed by atoms with Gasteiger partial charge in [0.15, 0.2) is 0 Å². The van der Waals surface area contributed by atoms with Crippen molar-refractivity contribution in [3.8, 4) is 5.75 Å². The van der Waals surface area contributed by atoms with Gasteiger partial charge in [-0.2, -0.15) is 4.98 Å². The fourth-order valence-corrected chi connectivity index (χ4v) is 2.58. The van der Waals surface area contributed by atoms with E-state index in [1.807, 2.05) is 49.4 Å². The van der Waals surface area contributed by atoms with E-state index in [-0.39, 0.29) is 0 Å². The molecule has 0 fully saturated rings. The summed E-state index contributed by atoms with van der Waals surface area (Å²) < 4.78 is 5.16. The predicted octanol–water partition coefficient (Wildman–Crippen LogP) is 5.59. The van der Waals surface area contributed by atoms with Crippen LogP contribution in [0.3, 0.4) is 0 Å². The molecule has 0 radical (unpaired) electrons. The van der Waals surface area contributed by atoms with Crippen molar-refractivity contribution < 1.29 is 4.74 Å². The van der Waals surface area contributed by atoms with Gasteiger partial charge in [-0.3, -0.25) is 0 Å². The molecule has 7 heteroatoms. The lowest BCUT2D eigenvalue weighted by Crippen LogP contribution is -2.02. The van der Waals surface area contributed by atoms with E-state index in [4.69, 9.17) is 27.9 Å². The summed E-state index contributed by atoms with van der Waals surface area (Å²) in [5.41, 5.74) is 2.35. The fraction of sp³-hybridized carbons (Fsp3) is 0.111. The molecule has 1 heterocycles. The van der Waals surface area contributed by atoms with Gasteiger partial charge in [-0.05, 0) is 43.3 Å². The Balaban J connectivity index is 1.83. The number of halogens is 2. The standard InChI is InChI=1S/C18H16Cl2N4O/c1-11-10-16(22-12-6-8-13(25-2)9-7-12)24-18(21-11)23-15-5-3-4-14(19)17(15)20/h3-10H,1-2H3,(H2,21,22,23,24). The molecule has 0 aliphatic heterocycles. The number of nitrogens with zero attached hydrogens (tertiary/aromatic N) is 2. The average Bonchev–Trinajstić information content (AvgIpc) is 2.59. The molecule has 0 saturated heterocycles. The maximum absolute atomic E-state index is 6.20. The van der Waals surface area contributed by atoms with E-state index in [9.17, 15) is 0 Å². The molecule has 0 aliphatic rings. The third kappa shape index (κ3) is 4.32. The molecule has 3 aromatic rings. The Hall–Kier alpha value is -2.50. The van der Waals surface area contributed by atoms with Gasteiger partial charge >= 0.3 is 0 Å². The second-order valence-electron chi connectivity index (χ2n) is 5.30. The summed E-state index contributed by atoms with van der Waals surface area (Å²) in [6.45, 7) is 1.89. The van der Waals surface area contributed by atoms with Crippen LogP contribution >= 0.6 is 23.2 Å². The Kier molecular flexibility index (Phi) is 5.26. The topological polar surface area (TPSA) is 59.1 Å². The summed E-state index contributed by atoms with van der Waals surface area (Å²) >= 11 is 12.2. The first-order valence-electron chi connectivity index (χ1n) is 7.53. The van der Waals surface area contributed by atoms with Crippen LogP contribution in [0.25, 0.3) is 0 Å².